The number of nitrogens with zero attached hydrogens (tertiary/aromatic N) is 1. The number of hydrogen-bond acceptors (Lipinski definition) is 4. The zero-order valence-electron chi connectivity index (χ0n) is 11.9. The van der Waals surface area contributed by atoms with Gasteiger partial charge in [-0.1, -0.05) is 24.3 Å². The predicted octanol–water partition coefficient (Wildman–Crippen LogP) is 2.36. The normalized spacial score (nSPS) is 13.3. The van der Waals surface area contributed by atoms with Crippen LogP contribution in [-0.2, 0) is 10.0 Å². The number of sulfonamides is 1. The Morgan fingerprint density at radius 3 is 2.43 bits per heavy atom. The number of nitrogen functional groups attached to an aromatic ring is 1. The number of nitrogens with two attached hydrogens (primary N) is 1. The molecule has 6 heteroatoms. The monoisotopic (exact) mass is 306 g/mol. The molecule has 0 aromatic heterocycles. The van der Waals surface area contributed by atoms with Gasteiger partial charge in [-0.2, -0.15) is 4.31 Å². The molecular weight excluding hydrogens is 288 g/mol. The molecule has 0 bridgehead atoms. The van der Waals surface area contributed by atoms with Gasteiger partial charge in [0.25, 0.3) is 0 Å². The molecule has 0 aliphatic rings. The Hall–Kier alpha value is -2.05. The van der Waals surface area contributed by atoms with Crippen molar-refractivity contribution in [3.8, 4) is 5.75 Å². The molecule has 112 valence electrons. The first-order valence-electron chi connectivity index (χ1n) is 6.45. The van der Waals surface area contributed by atoms with Crippen molar-refractivity contribution in [3.63, 3.8) is 0 Å². The average molecular weight is 306 g/mol. The first-order valence-corrected chi connectivity index (χ1v) is 7.89. The topological polar surface area (TPSA) is 83.6 Å². The molecule has 2 rings (SSSR count). The van der Waals surface area contributed by atoms with Gasteiger partial charge in [-0.05, 0) is 31.2 Å². The Morgan fingerprint density at radius 2 is 1.81 bits per heavy atom. The molecule has 0 fully saturated rings. The van der Waals surface area contributed by atoms with Gasteiger partial charge < -0.3 is 10.8 Å². The molecule has 21 heavy (non-hydrogen) atoms. The van der Waals surface area contributed by atoms with Crippen LogP contribution in [0.2, 0.25) is 0 Å². The van der Waals surface area contributed by atoms with Crippen molar-refractivity contribution < 1.29 is 13.5 Å². The maximum atomic E-state index is 12.6. The standard InChI is InChI=1S/C15H18N2O3S/c1-11(14-8-3-4-9-15(14)18)17(2)21(19,20)13-7-5-6-12(16)10-13/h3-11,18H,16H2,1-2H3. The van der Waals surface area contributed by atoms with E-state index in [9.17, 15) is 13.5 Å². The van der Waals surface area contributed by atoms with Crippen molar-refractivity contribution in [3.05, 3.63) is 54.1 Å². The number of rotatable bonds is 4. The predicted molar refractivity (Wildman–Crippen MR) is 82.3 cm³/mol. The summed E-state index contributed by atoms with van der Waals surface area (Å²) < 4.78 is 26.4. The van der Waals surface area contributed by atoms with Gasteiger partial charge in [-0.3, -0.25) is 0 Å². The highest BCUT2D eigenvalue weighted by Crippen LogP contribution is 2.31. The number of para-hydroxylation sites is 1. The Balaban J connectivity index is 2.39. The number of benzene rings is 2. The molecule has 0 aliphatic heterocycles. The smallest absolute Gasteiger partial charge is 0.243 e. The molecule has 0 spiro atoms. The van der Waals surface area contributed by atoms with Crippen LogP contribution in [0.3, 0.4) is 0 Å². The van der Waals surface area contributed by atoms with Crippen molar-refractivity contribution in [1.29, 1.82) is 0 Å². The summed E-state index contributed by atoms with van der Waals surface area (Å²) in [6, 6.07) is 12.3. The lowest BCUT2D eigenvalue weighted by Crippen LogP contribution is -2.29. The van der Waals surface area contributed by atoms with E-state index >= 15 is 0 Å². The van der Waals surface area contributed by atoms with Gasteiger partial charge in [0.1, 0.15) is 5.75 Å². The zero-order chi connectivity index (χ0) is 15.6. The molecule has 0 heterocycles. The molecule has 0 radical (unpaired) electrons. The van der Waals surface area contributed by atoms with E-state index in [0.717, 1.165) is 0 Å². The van der Waals surface area contributed by atoms with Crippen molar-refractivity contribution in [2.45, 2.75) is 17.9 Å². The summed E-state index contributed by atoms with van der Waals surface area (Å²) in [6.45, 7) is 1.72. The van der Waals surface area contributed by atoms with Gasteiger partial charge >= 0.3 is 0 Å². The van der Waals surface area contributed by atoms with Gasteiger partial charge in [-0.15, -0.1) is 0 Å². The maximum Gasteiger partial charge on any atom is 0.243 e. The fourth-order valence-corrected chi connectivity index (χ4v) is 3.48. The van der Waals surface area contributed by atoms with Crippen molar-refractivity contribution in [2.24, 2.45) is 0 Å². The molecule has 1 atom stereocenters. The summed E-state index contributed by atoms with van der Waals surface area (Å²) in [5, 5.41) is 9.87. The molecule has 0 saturated carbocycles. The summed E-state index contributed by atoms with van der Waals surface area (Å²) in [5.74, 6) is 0.0691. The maximum absolute atomic E-state index is 12.6. The van der Waals surface area contributed by atoms with Crippen LogP contribution in [0, 0.1) is 0 Å². The minimum Gasteiger partial charge on any atom is -0.508 e. The second-order valence-electron chi connectivity index (χ2n) is 4.83. The van der Waals surface area contributed by atoms with Crippen LogP contribution in [0.1, 0.15) is 18.5 Å². The SMILES string of the molecule is CC(c1ccccc1O)N(C)S(=O)(=O)c1cccc(N)c1. The fourth-order valence-electron chi connectivity index (χ4n) is 2.09. The van der Waals surface area contributed by atoms with Gasteiger partial charge in [-0.25, -0.2) is 8.42 Å². The summed E-state index contributed by atoms with van der Waals surface area (Å²) >= 11 is 0. The Morgan fingerprint density at radius 1 is 1.14 bits per heavy atom. The van der Waals surface area contributed by atoms with Crippen LogP contribution >= 0.6 is 0 Å². The van der Waals surface area contributed by atoms with E-state index in [1.54, 1.807) is 37.3 Å². The van der Waals surface area contributed by atoms with Gasteiger partial charge in [0.2, 0.25) is 10.0 Å². The Bertz CT molecular complexity index is 744. The lowest BCUT2D eigenvalue weighted by Gasteiger charge is -2.25. The van der Waals surface area contributed by atoms with Crippen LogP contribution < -0.4 is 5.73 Å². The van der Waals surface area contributed by atoms with Crippen molar-refractivity contribution >= 4 is 15.7 Å². The minimum absolute atomic E-state index is 0.0691. The summed E-state index contributed by atoms with van der Waals surface area (Å²) in [4.78, 5) is 0.132. The molecule has 1 unspecified atom stereocenters. The van der Waals surface area contributed by atoms with Crippen LogP contribution in [-0.4, -0.2) is 24.9 Å². The second kappa shape index (κ2) is 5.75. The molecule has 0 aliphatic carbocycles. The van der Waals surface area contributed by atoms with E-state index in [-0.39, 0.29) is 10.6 Å². The van der Waals surface area contributed by atoms with Crippen LogP contribution in [0.5, 0.6) is 5.75 Å². The van der Waals surface area contributed by atoms with E-state index in [1.165, 1.54) is 29.6 Å². The van der Waals surface area contributed by atoms with E-state index in [4.69, 9.17) is 5.73 Å². The summed E-state index contributed by atoms with van der Waals surface area (Å²) in [7, 11) is -2.20. The highest BCUT2D eigenvalue weighted by Gasteiger charge is 2.27. The second-order valence-corrected chi connectivity index (χ2v) is 6.83. The van der Waals surface area contributed by atoms with Crippen molar-refractivity contribution in [2.75, 3.05) is 12.8 Å². The number of hydrogen-bond donors (Lipinski definition) is 2. The third-order valence-electron chi connectivity index (χ3n) is 3.47. The lowest BCUT2D eigenvalue weighted by molar-refractivity contribution is 0.381. The molecule has 0 amide bonds. The molecule has 3 N–H and O–H groups in total. The number of anilines is 1. The Labute approximate surface area is 124 Å². The van der Waals surface area contributed by atoms with Crippen molar-refractivity contribution in [1.82, 2.24) is 4.31 Å². The first kappa shape index (κ1) is 15.3. The van der Waals surface area contributed by atoms with Gasteiger partial charge in [0.15, 0.2) is 0 Å². The highest BCUT2D eigenvalue weighted by molar-refractivity contribution is 7.89. The molecule has 2 aromatic carbocycles. The lowest BCUT2D eigenvalue weighted by atomic mass is 10.1. The fraction of sp³-hybridized carbons (Fsp3) is 0.200. The van der Waals surface area contributed by atoms with Gasteiger partial charge in [0.05, 0.1) is 10.9 Å². The van der Waals surface area contributed by atoms with E-state index < -0.39 is 16.1 Å². The van der Waals surface area contributed by atoms with Gasteiger partial charge in [0, 0.05) is 18.3 Å². The average Bonchev–Trinajstić information content (AvgIpc) is 2.46. The zero-order valence-corrected chi connectivity index (χ0v) is 12.7. The van der Waals surface area contributed by atoms with Crippen LogP contribution in [0.4, 0.5) is 5.69 Å². The minimum atomic E-state index is -3.68. The molecule has 0 saturated heterocycles. The number of aromatic hydroxyl groups is 1. The Kier molecular flexibility index (Phi) is 4.20. The van der Waals surface area contributed by atoms with Crippen LogP contribution in [0.25, 0.3) is 0 Å². The summed E-state index contributed by atoms with van der Waals surface area (Å²) in [5.41, 5.74) is 6.58. The molecular formula is C15H18N2O3S. The third-order valence-corrected chi connectivity index (χ3v) is 5.39. The number of phenols is 1. The summed E-state index contributed by atoms with van der Waals surface area (Å²) in [6.07, 6.45) is 0. The first-order chi connectivity index (χ1) is 9.84. The van der Waals surface area contributed by atoms with Crippen LogP contribution in [0.15, 0.2) is 53.4 Å². The molecule has 5 nitrogen and oxygen atoms in total. The quantitative estimate of drug-likeness (QED) is 0.849. The van der Waals surface area contributed by atoms with E-state index in [1.807, 2.05) is 0 Å². The molecule has 2 aromatic rings. The largest absolute Gasteiger partial charge is 0.508 e. The highest BCUT2D eigenvalue weighted by atomic mass is 32.2. The van der Waals surface area contributed by atoms with E-state index in [0.29, 0.717) is 11.3 Å². The van der Waals surface area contributed by atoms with E-state index in [2.05, 4.69) is 0 Å². The third kappa shape index (κ3) is 3.01. The number of phenolic OH excluding ortho intramolecular Hbond substituents is 1.